The van der Waals surface area contributed by atoms with E-state index in [1.54, 1.807) is 0 Å². The van der Waals surface area contributed by atoms with Crippen molar-refractivity contribution in [2.45, 2.75) is 83.6 Å². The number of nitrogens with one attached hydrogen (secondary N) is 1. The molecule has 130 valence electrons. The molecule has 2 aliphatic rings. The molecule has 0 bridgehead atoms. The van der Waals surface area contributed by atoms with E-state index in [-0.39, 0.29) is 11.2 Å². The summed E-state index contributed by atoms with van der Waals surface area (Å²) in [4.78, 5) is 13.3. The maximum Gasteiger partial charge on any atom is 0.168 e. The van der Waals surface area contributed by atoms with Gasteiger partial charge in [0.05, 0.1) is 11.0 Å². The largest absolute Gasteiger partial charge is 0.373 e. The van der Waals surface area contributed by atoms with Gasteiger partial charge in [0.25, 0.3) is 0 Å². The van der Waals surface area contributed by atoms with Crippen LogP contribution < -0.4 is 5.32 Å². The summed E-state index contributed by atoms with van der Waals surface area (Å²) < 4.78 is 0. The fraction of sp³-hybridized carbons (Fsp3) is 0.591. The molecule has 1 atom stereocenters. The highest BCUT2D eigenvalue weighted by atomic mass is 16.1. The van der Waals surface area contributed by atoms with E-state index in [4.69, 9.17) is 0 Å². The van der Waals surface area contributed by atoms with Crippen molar-refractivity contribution in [3.63, 3.8) is 0 Å². The SMILES string of the molecule is C=CCC1(C)C(=O)C(C)(C)Nc2c1cc(C(C)(C)C)c1c2CCC1. The Morgan fingerprint density at radius 2 is 1.83 bits per heavy atom. The molecule has 0 fully saturated rings. The molecule has 0 saturated carbocycles. The Kier molecular flexibility index (Phi) is 3.75. The first-order chi connectivity index (χ1) is 11.0. The van der Waals surface area contributed by atoms with Crippen LogP contribution in [0, 0.1) is 0 Å². The number of allylic oxidation sites excluding steroid dienone is 1. The minimum Gasteiger partial charge on any atom is -0.373 e. The highest BCUT2D eigenvalue weighted by Gasteiger charge is 2.49. The zero-order valence-corrected chi connectivity index (χ0v) is 16.1. The highest BCUT2D eigenvalue weighted by molar-refractivity contribution is 6.03. The van der Waals surface area contributed by atoms with Gasteiger partial charge in [-0.05, 0) is 74.1 Å². The van der Waals surface area contributed by atoms with Crippen LogP contribution in [0.25, 0.3) is 0 Å². The van der Waals surface area contributed by atoms with Crippen LogP contribution in [0.3, 0.4) is 0 Å². The van der Waals surface area contributed by atoms with Crippen molar-refractivity contribution in [1.82, 2.24) is 0 Å². The number of fused-ring (bicyclic) bond motifs is 3. The normalized spacial score (nSPS) is 25.0. The van der Waals surface area contributed by atoms with E-state index in [0.717, 1.165) is 12.8 Å². The van der Waals surface area contributed by atoms with E-state index in [1.807, 2.05) is 19.9 Å². The number of Topliss-reactive ketones (excluding diaryl/α,β-unsaturated/α-hetero) is 1. The summed E-state index contributed by atoms with van der Waals surface area (Å²) in [7, 11) is 0. The Balaban J connectivity index is 2.35. The van der Waals surface area contributed by atoms with Gasteiger partial charge < -0.3 is 5.32 Å². The fourth-order valence-electron chi connectivity index (χ4n) is 4.70. The zero-order chi connectivity index (χ0) is 17.9. The van der Waals surface area contributed by atoms with Crippen LogP contribution in [0.2, 0.25) is 0 Å². The third-order valence-corrected chi connectivity index (χ3v) is 5.86. The fourth-order valence-corrected chi connectivity index (χ4v) is 4.70. The first-order valence-electron chi connectivity index (χ1n) is 9.16. The summed E-state index contributed by atoms with van der Waals surface area (Å²) in [5.41, 5.74) is 5.84. The summed E-state index contributed by atoms with van der Waals surface area (Å²) in [6.07, 6.45) is 6.06. The molecule has 0 amide bonds. The minimum absolute atomic E-state index is 0.0918. The molecule has 2 nitrogen and oxygen atoms in total. The summed E-state index contributed by atoms with van der Waals surface area (Å²) >= 11 is 0. The van der Waals surface area contributed by atoms with Crippen LogP contribution in [-0.4, -0.2) is 11.3 Å². The third kappa shape index (κ3) is 2.34. The molecule has 0 saturated heterocycles. The van der Waals surface area contributed by atoms with Gasteiger partial charge >= 0.3 is 0 Å². The first kappa shape index (κ1) is 17.3. The van der Waals surface area contributed by atoms with Gasteiger partial charge in [0.2, 0.25) is 0 Å². The molecule has 1 unspecified atom stereocenters. The minimum atomic E-state index is -0.537. The van der Waals surface area contributed by atoms with Crippen LogP contribution in [-0.2, 0) is 28.5 Å². The molecule has 1 aliphatic carbocycles. The van der Waals surface area contributed by atoms with Crippen LogP contribution >= 0.6 is 0 Å². The lowest BCUT2D eigenvalue weighted by Crippen LogP contribution is -2.55. The zero-order valence-electron chi connectivity index (χ0n) is 16.1. The Labute approximate surface area is 146 Å². The van der Waals surface area contributed by atoms with E-state index >= 15 is 0 Å². The van der Waals surface area contributed by atoms with Gasteiger partial charge in [-0.3, -0.25) is 4.79 Å². The Bertz CT molecular complexity index is 720. The van der Waals surface area contributed by atoms with Gasteiger partial charge in [-0.15, -0.1) is 6.58 Å². The number of anilines is 1. The molecule has 0 spiro atoms. The summed E-state index contributed by atoms with van der Waals surface area (Å²) in [6.45, 7) is 16.9. The van der Waals surface area contributed by atoms with Crippen molar-refractivity contribution in [2.75, 3.05) is 5.32 Å². The number of ketones is 1. The molecule has 3 rings (SSSR count). The smallest absolute Gasteiger partial charge is 0.168 e. The van der Waals surface area contributed by atoms with Crippen molar-refractivity contribution in [1.29, 1.82) is 0 Å². The maximum absolute atomic E-state index is 13.3. The standard InChI is InChI=1S/C22H31NO/c1-8-12-22(7)17-13-16(20(2,3)4)14-10-9-11-15(14)18(17)23-21(5,6)19(22)24/h8,13,23H,1,9-12H2,2-7H3. The summed E-state index contributed by atoms with van der Waals surface area (Å²) in [5.74, 6) is 0.264. The molecule has 24 heavy (non-hydrogen) atoms. The second-order valence-corrected chi connectivity index (χ2v) is 9.31. The van der Waals surface area contributed by atoms with E-state index in [1.165, 1.54) is 34.4 Å². The Hall–Kier alpha value is -1.57. The van der Waals surface area contributed by atoms with Crippen molar-refractivity contribution in [3.05, 3.63) is 41.0 Å². The first-order valence-corrected chi connectivity index (χ1v) is 9.16. The maximum atomic E-state index is 13.3. The van der Waals surface area contributed by atoms with Gasteiger partial charge in [0, 0.05) is 5.69 Å². The van der Waals surface area contributed by atoms with Crippen molar-refractivity contribution in [2.24, 2.45) is 0 Å². The number of benzene rings is 1. The molecule has 0 aromatic heterocycles. The van der Waals surface area contributed by atoms with Gasteiger partial charge in [0.15, 0.2) is 5.78 Å². The monoisotopic (exact) mass is 325 g/mol. The average Bonchev–Trinajstić information content (AvgIpc) is 2.93. The molecule has 1 heterocycles. The molecule has 1 aromatic carbocycles. The average molecular weight is 325 g/mol. The van der Waals surface area contributed by atoms with E-state index in [2.05, 4.69) is 45.7 Å². The number of hydrogen-bond donors (Lipinski definition) is 1. The predicted molar refractivity (Wildman–Crippen MR) is 102 cm³/mol. The van der Waals surface area contributed by atoms with Gasteiger partial charge in [-0.2, -0.15) is 0 Å². The van der Waals surface area contributed by atoms with Gasteiger partial charge in [0.1, 0.15) is 0 Å². The molecule has 2 heteroatoms. The van der Waals surface area contributed by atoms with Crippen LogP contribution in [0.15, 0.2) is 18.7 Å². The number of carbonyl (C=O) groups is 1. The lowest BCUT2D eigenvalue weighted by atomic mass is 9.64. The molecule has 1 aliphatic heterocycles. The molecule has 1 aromatic rings. The Morgan fingerprint density at radius 1 is 1.21 bits per heavy atom. The van der Waals surface area contributed by atoms with Crippen LogP contribution in [0.5, 0.6) is 0 Å². The third-order valence-electron chi connectivity index (χ3n) is 5.86. The van der Waals surface area contributed by atoms with Crippen molar-refractivity contribution >= 4 is 11.5 Å². The van der Waals surface area contributed by atoms with Crippen LogP contribution in [0.4, 0.5) is 5.69 Å². The second kappa shape index (κ2) is 5.21. The highest BCUT2D eigenvalue weighted by Crippen LogP contribution is 2.49. The van der Waals surface area contributed by atoms with E-state index < -0.39 is 11.0 Å². The van der Waals surface area contributed by atoms with Gasteiger partial charge in [-0.25, -0.2) is 0 Å². The quantitative estimate of drug-likeness (QED) is 0.768. The molecule has 0 radical (unpaired) electrons. The lowest BCUT2D eigenvalue weighted by Gasteiger charge is -2.45. The number of rotatable bonds is 2. The molecule has 1 N–H and O–H groups in total. The molecular formula is C22H31NO. The Morgan fingerprint density at radius 3 is 2.42 bits per heavy atom. The summed E-state index contributed by atoms with van der Waals surface area (Å²) in [5, 5.41) is 3.59. The van der Waals surface area contributed by atoms with Crippen molar-refractivity contribution < 1.29 is 4.79 Å². The van der Waals surface area contributed by atoms with Crippen molar-refractivity contribution in [3.8, 4) is 0 Å². The van der Waals surface area contributed by atoms with Gasteiger partial charge in [-0.1, -0.05) is 32.9 Å². The second-order valence-electron chi connectivity index (χ2n) is 9.31. The lowest BCUT2D eigenvalue weighted by molar-refractivity contribution is -0.128. The molecular weight excluding hydrogens is 294 g/mol. The topological polar surface area (TPSA) is 29.1 Å². The summed E-state index contributed by atoms with van der Waals surface area (Å²) in [6, 6.07) is 2.32. The predicted octanol–water partition coefficient (Wildman–Crippen LogP) is 5.08. The van der Waals surface area contributed by atoms with E-state index in [9.17, 15) is 4.79 Å². The van der Waals surface area contributed by atoms with Crippen LogP contribution in [0.1, 0.15) is 76.6 Å². The number of hydrogen-bond acceptors (Lipinski definition) is 2. The number of carbonyl (C=O) groups excluding carboxylic acids is 1. The van der Waals surface area contributed by atoms with E-state index in [0.29, 0.717) is 6.42 Å².